The quantitative estimate of drug-likeness (QED) is 0.897. The van der Waals surface area contributed by atoms with Gasteiger partial charge in [-0.05, 0) is 43.0 Å². The monoisotopic (exact) mass is 342 g/mol. The molecule has 0 saturated carbocycles. The van der Waals surface area contributed by atoms with Crippen LogP contribution in [0.5, 0.6) is 0 Å². The number of anilines is 1. The molecule has 0 unspecified atom stereocenters. The molecule has 134 valence electrons. The maximum atomic E-state index is 12.6. The molecule has 1 atom stereocenters. The Morgan fingerprint density at radius 3 is 2.80 bits per heavy atom. The van der Waals surface area contributed by atoms with E-state index in [1.54, 1.807) is 11.9 Å². The Bertz CT molecular complexity index is 781. The first-order valence-corrected chi connectivity index (χ1v) is 8.87. The highest BCUT2D eigenvalue weighted by molar-refractivity contribution is 5.96. The number of hydrogen-bond donors (Lipinski definition) is 2. The molecule has 3 rings (SSSR count). The van der Waals surface area contributed by atoms with Crippen molar-refractivity contribution in [3.8, 4) is 0 Å². The number of likely N-dealkylation sites (tertiary alicyclic amines) is 1. The fourth-order valence-corrected chi connectivity index (χ4v) is 3.47. The predicted molar refractivity (Wildman–Crippen MR) is 99.6 cm³/mol. The van der Waals surface area contributed by atoms with Crippen LogP contribution in [0, 0.1) is 5.92 Å². The summed E-state index contributed by atoms with van der Waals surface area (Å²) in [5.41, 5.74) is 1.92. The summed E-state index contributed by atoms with van der Waals surface area (Å²) in [5, 5.41) is 6.67. The molecule has 0 bridgehead atoms. The number of carbonyl (C=O) groups is 2. The van der Waals surface area contributed by atoms with Gasteiger partial charge in [-0.2, -0.15) is 0 Å². The highest BCUT2D eigenvalue weighted by atomic mass is 16.2. The number of hydrogen-bond acceptors (Lipinski definition) is 2. The lowest BCUT2D eigenvalue weighted by Gasteiger charge is -2.23. The second-order valence-corrected chi connectivity index (χ2v) is 7.03. The van der Waals surface area contributed by atoms with E-state index in [0.29, 0.717) is 18.9 Å². The van der Waals surface area contributed by atoms with Crippen molar-refractivity contribution in [3.05, 3.63) is 30.5 Å². The lowest BCUT2D eigenvalue weighted by molar-refractivity contribution is -0.124. The minimum Gasteiger partial charge on any atom is -0.357 e. The molecule has 1 aromatic carbocycles. The van der Waals surface area contributed by atoms with Crippen LogP contribution in [0.4, 0.5) is 10.5 Å². The third-order valence-corrected chi connectivity index (χ3v) is 4.65. The average Bonchev–Trinajstić information content (AvgIpc) is 3.21. The van der Waals surface area contributed by atoms with E-state index in [1.807, 2.05) is 18.2 Å². The van der Waals surface area contributed by atoms with Crippen LogP contribution in [0.2, 0.25) is 0 Å². The first-order chi connectivity index (χ1) is 12.0. The van der Waals surface area contributed by atoms with Crippen LogP contribution in [-0.4, -0.2) is 41.0 Å². The van der Waals surface area contributed by atoms with Gasteiger partial charge in [-0.25, -0.2) is 4.79 Å². The first-order valence-electron chi connectivity index (χ1n) is 8.87. The van der Waals surface area contributed by atoms with E-state index in [0.717, 1.165) is 29.6 Å². The zero-order chi connectivity index (χ0) is 18.0. The largest absolute Gasteiger partial charge is 0.357 e. The van der Waals surface area contributed by atoms with Crippen molar-refractivity contribution in [3.63, 3.8) is 0 Å². The molecule has 0 spiro atoms. The molecule has 3 amide bonds. The fourth-order valence-electron chi connectivity index (χ4n) is 3.47. The molecule has 1 fully saturated rings. The van der Waals surface area contributed by atoms with Crippen molar-refractivity contribution in [2.24, 2.45) is 5.92 Å². The van der Waals surface area contributed by atoms with Crippen LogP contribution in [0.25, 0.3) is 10.9 Å². The Hall–Kier alpha value is -2.50. The van der Waals surface area contributed by atoms with E-state index in [-0.39, 0.29) is 18.0 Å². The number of carbonyl (C=O) groups excluding carboxylic acids is 2. The van der Waals surface area contributed by atoms with Crippen molar-refractivity contribution in [2.45, 2.75) is 39.3 Å². The third kappa shape index (κ3) is 3.62. The Kier molecular flexibility index (Phi) is 4.97. The Morgan fingerprint density at radius 1 is 1.28 bits per heavy atom. The summed E-state index contributed by atoms with van der Waals surface area (Å²) in [6.45, 7) is 5.96. The highest BCUT2D eigenvalue weighted by Crippen LogP contribution is 2.23. The number of fused-ring (bicyclic) bond motifs is 1. The molecule has 2 N–H and O–H groups in total. The van der Waals surface area contributed by atoms with Crippen LogP contribution in [-0.2, 0) is 11.3 Å². The van der Waals surface area contributed by atoms with E-state index >= 15 is 0 Å². The molecular formula is C19H26N4O2. The van der Waals surface area contributed by atoms with E-state index in [2.05, 4.69) is 41.3 Å². The van der Waals surface area contributed by atoms with Gasteiger partial charge in [-0.3, -0.25) is 4.79 Å². The molecule has 1 aliphatic rings. The van der Waals surface area contributed by atoms with Gasteiger partial charge >= 0.3 is 6.03 Å². The first kappa shape index (κ1) is 17.3. The molecule has 1 aliphatic heterocycles. The normalized spacial score (nSPS) is 17.3. The molecule has 1 aromatic heterocycles. The smallest absolute Gasteiger partial charge is 0.322 e. The minimum absolute atomic E-state index is 0.103. The topological polar surface area (TPSA) is 66.4 Å². The maximum absolute atomic E-state index is 12.6. The molecule has 25 heavy (non-hydrogen) atoms. The van der Waals surface area contributed by atoms with Gasteiger partial charge in [0.05, 0.1) is 0 Å². The van der Waals surface area contributed by atoms with Crippen LogP contribution in [0.3, 0.4) is 0 Å². The van der Waals surface area contributed by atoms with Gasteiger partial charge in [0.25, 0.3) is 0 Å². The summed E-state index contributed by atoms with van der Waals surface area (Å²) >= 11 is 0. The maximum Gasteiger partial charge on any atom is 0.322 e. The fraction of sp³-hybridized carbons (Fsp3) is 0.474. The second kappa shape index (κ2) is 7.17. The van der Waals surface area contributed by atoms with E-state index < -0.39 is 0 Å². The van der Waals surface area contributed by atoms with E-state index in [1.165, 1.54) is 0 Å². The SMILES string of the molecule is CNC(=O)[C@H]1CCCN1C(=O)Nc1ccc2c(ccn2CC(C)C)c1. The van der Waals surface area contributed by atoms with Gasteiger partial charge in [-0.1, -0.05) is 13.8 Å². The van der Waals surface area contributed by atoms with E-state index in [9.17, 15) is 9.59 Å². The van der Waals surface area contributed by atoms with Crippen molar-refractivity contribution in [1.29, 1.82) is 0 Å². The minimum atomic E-state index is -0.374. The molecule has 2 aromatic rings. The van der Waals surface area contributed by atoms with Crippen molar-refractivity contribution in [2.75, 3.05) is 18.9 Å². The molecule has 6 heteroatoms. The number of aromatic nitrogens is 1. The number of benzene rings is 1. The standard InChI is InChI=1S/C19H26N4O2/c1-13(2)12-22-10-8-14-11-15(6-7-16(14)22)21-19(25)23-9-4-5-17(23)18(24)20-3/h6-8,10-11,13,17H,4-5,9,12H2,1-3H3,(H,20,24)(H,21,25)/t17-/m1/s1. The number of urea groups is 1. The summed E-state index contributed by atoms with van der Waals surface area (Å²) < 4.78 is 2.23. The summed E-state index contributed by atoms with van der Waals surface area (Å²) in [4.78, 5) is 26.1. The van der Waals surface area contributed by atoms with Crippen molar-refractivity contribution in [1.82, 2.24) is 14.8 Å². The van der Waals surface area contributed by atoms with Crippen molar-refractivity contribution < 1.29 is 9.59 Å². The number of likely N-dealkylation sites (N-methyl/N-ethyl adjacent to an activating group) is 1. The van der Waals surface area contributed by atoms with Crippen LogP contribution in [0.15, 0.2) is 30.5 Å². The van der Waals surface area contributed by atoms with Crippen LogP contribution < -0.4 is 10.6 Å². The lowest BCUT2D eigenvalue weighted by Crippen LogP contribution is -2.46. The van der Waals surface area contributed by atoms with Gasteiger partial charge < -0.3 is 20.1 Å². The van der Waals surface area contributed by atoms with Gasteiger partial charge in [-0.15, -0.1) is 0 Å². The lowest BCUT2D eigenvalue weighted by atomic mass is 10.2. The summed E-state index contributed by atoms with van der Waals surface area (Å²) in [7, 11) is 1.60. The van der Waals surface area contributed by atoms with Crippen LogP contribution >= 0.6 is 0 Å². The summed E-state index contributed by atoms with van der Waals surface area (Å²) in [6, 6.07) is 7.41. The van der Waals surface area contributed by atoms with Crippen LogP contribution in [0.1, 0.15) is 26.7 Å². The Balaban J connectivity index is 1.74. The predicted octanol–water partition coefficient (Wildman–Crippen LogP) is 3.04. The zero-order valence-corrected chi connectivity index (χ0v) is 15.1. The molecular weight excluding hydrogens is 316 g/mol. The molecule has 2 heterocycles. The number of amides is 3. The summed E-state index contributed by atoms with van der Waals surface area (Å²) in [5.74, 6) is 0.473. The Morgan fingerprint density at radius 2 is 2.08 bits per heavy atom. The highest BCUT2D eigenvalue weighted by Gasteiger charge is 2.33. The number of nitrogens with one attached hydrogen (secondary N) is 2. The molecule has 6 nitrogen and oxygen atoms in total. The van der Waals surface area contributed by atoms with Gasteiger partial charge in [0, 0.05) is 42.9 Å². The van der Waals surface area contributed by atoms with Crippen molar-refractivity contribution >= 4 is 28.5 Å². The van der Waals surface area contributed by atoms with Gasteiger partial charge in [0.1, 0.15) is 6.04 Å². The Labute approximate surface area is 148 Å². The molecule has 0 radical (unpaired) electrons. The second-order valence-electron chi connectivity index (χ2n) is 7.03. The van der Waals surface area contributed by atoms with Gasteiger partial charge in [0.15, 0.2) is 0 Å². The zero-order valence-electron chi connectivity index (χ0n) is 15.1. The molecule has 1 saturated heterocycles. The van der Waals surface area contributed by atoms with E-state index in [4.69, 9.17) is 0 Å². The van der Waals surface area contributed by atoms with Gasteiger partial charge in [0.2, 0.25) is 5.91 Å². The summed E-state index contributed by atoms with van der Waals surface area (Å²) in [6.07, 6.45) is 3.64. The third-order valence-electron chi connectivity index (χ3n) is 4.65. The number of rotatable bonds is 4. The molecule has 0 aliphatic carbocycles. The average molecular weight is 342 g/mol. The number of nitrogens with zero attached hydrogens (tertiary/aromatic N) is 2.